The van der Waals surface area contributed by atoms with E-state index in [0.29, 0.717) is 17.2 Å². The van der Waals surface area contributed by atoms with E-state index in [4.69, 9.17) is 4.74 Å². The van der Waals surface area contributed by atoms with Crippen molar-refractivity contribution in [2.75, 3.05) is 4.90 Å². The van der Waals surface area contributed by atoms with Crippen molar-refractivity contribution in [3.05, 3.63) is 179 Å². The van der Waals surface area contributed by atoms with Crippen molar-refractivity contribution in [1.29, 1.82) is 0 Å². The van der Waals surface area contributed by atoms with Crippen LogP contribution in [-0.4, -0.2) is 5.97 Å². The van der Waals surface area contributed by atoms with Crippen LogP contribution >= 0.6 is 0 Å². The summed E-state index contributed by atoms with van der Waals surface area (Å²) in [7, 11) is 0. The van der Waals surface area contributed by atoms with E-state index in [1.54, 1.807) is 0 Å². The van der Waals surface area contributed by atoms with Crippen molar-refractivity contribution in [1.82, 2.24) is 0 Å². The third-order valence-electron chi connectivity index (χ3n) is 10.8. The number of carbonyl (C=O) groups excluding carboxylic acids is 1. The van der Waals surface area contributed by atoms with Gasteiger partial charge in [-0.2, -0.15) is 0 Å². The average molecular weight is 678 g/mol. The van der Waals surface area contributed by atoms with Crippen molar-refractivity contribution < 1.29 is 9.53 Å². The van der Waals surface area contributed by atoms with Gasteiger partial charge in [0.15, 0.2) is 0 Å². The second-order valence-electron chi connectivity index (χ2n) is 14.6. The number of fused-ring (bicyclic) bond motifs is 4. The van der Waals surface area contributed by atoms with E-state index in [9.17, 15) is 4.79 Å². The maximum absolute atomic E-state index is 13.5. The zero-order valence-corrected chi connectivity index (χ0v) is 30.5. The minimum Gasteiger partial charge on any atom is -0.423 e. The first-order valence-electron chi connectivity index (χ1n) is 18.3. The molecule has 0 radical (unpaired) electrons. The maximum atomic E-state index is 13.5. The predicted molar refractivity (Wildman–Crippen MR) is 216 cm³/mol. The number of hydrogen-bond donors (Lipinski definition) is 0. The fourth-order valence-electron chi connectivity index (χ4n) is 7.81. The van der Waals surface area contributed by atoms with Crippen molar-refractivity contribution in [2.24, 2.45) is 0 Å². The Morgan fingerprint density at radius 3 is 2.12 bits per heavy atom. The predicted octanol–water partition coefficient (Wildman–Crippen LogP) is 13.2. The van der Waals surface area contributed by atoms with Crippen LogP contribution in [0, 0.1) is 0 Å². The number of rotatable bonds is 8. The molecule has 0 saturated heterocycles. The van der Waals surface area contributed by atoms with E-state index in [0.717, 1.165) is 34.4 Å². The Balaban J connectivity index is 1.11. The highest BCUT2D eigenvalue weighted by Crippen LogP contribution is 2.51. The molecule has 52 heavy (non-hydrogen) atoms. The van der Waals surface area contributed by atoms with Gasteiger partial charge in [0.05, 0.1) is 11.3 Å². The van der Waals surface area contributed by atoms with Crippen molar-refractivity contribution in [3.63, 3.8) is 0 Å². The van der Waals surface area contributed by atoms with Gasteiger partial charge in [-0.3, -0.25) is 0 Å². The number of ether oxygens (including phenoxy) is 1. The normalized spacial score (nSPS) is 12.8. The monoisotopic (exact) mass is 677 g/mol. The van der Waals surface area contributed by atoms with E-state index in [1.807, 2.05) is 48.5 Å². The SMILES string of the molecule is CCc1ccc(C(C)C)cc1-c1ccc(OC(=O)c2ccc(N(c3ccc4c(c3)C(C)(C)c3ccccc3-4)c3cccc4ccccc34)cc2)cc1. The van der Waals surface area contributed by atoms with Gasteiger partial charge in [-0.25, -0.2) is 4.79 Å². The fourth-order valence-corrected chi connectivity index (χ4v) is 7.81. The lowest BCUT2D eigenvalue weighted by Crippen LogP contribution is -2.16. The van der Waals surface area contributed by atoms with Gasteiger partial charge in [-0.05, 0) is 117 Å². The molecule has 0 aromatic heterocycles. The molecule has 0 heterocycles. The highest BCUT2D eigenvalue weighted by molar-refractivity contribution is 6.00. The van der Waals surface area contributed by atoms with E-state index in [1.165, 1.54) is 44.3 Å². The summed E-state index contributed by atoms with van der Waals surface area (Å²) in [6.45, 7) is 11.2. The highest BCUT2D eigenvalue weighted by Gasteiger charge is 2.35. The molecule has 3 heteroatoms. The lowest BCUT2D eigenvalue weighted by atomic mass is 9.82. The third-order valence-corrected chi connectivity index (χ3v) is 10.8. The summed E-state index contributed by atoms with van der Waals surface area (Å²) in [5.41, 5.74) is 13.7. The summed E-state index contributed by atoms with van der Waals surface area (Å²) in [6, 6.07) is 52.8. The molecule has 0 fully saturated rings. The number of carbonyl (C=O) groups is 1. The van der Waals surface area contributed by atoms with Crippen molar-refractivity contribution in [2.45, 2.75) is 52.4 Å². The highest BCUT2D eigenvalue weighted by atomic mass is 16.5. The summed E-state index contributed by atoms with van der Waals surface area (Å²) in [5, 5.41) is 2.32. The van der Waals surface area contributed by atoms with E-state index >= 15 is 0 Å². The zero-order valence-electron chi connectivity index (χ0n) is 30.5. The Kier molecular flexibility index (Phi) is 8.51. The van der Waals surface area contributed by atoms with Gasteiger partial charge < -0.3 is 9.64 Å². The topological polar surface area (TPSA) is 29.5 Å². The molecular weight excluding hydrogens is 635 g/mol. The minimum atomic E-state index is -0.385. The van der Waals surface area contributed by atoms with E-state index in [2.05, 4.69) is 143 Å². The largest absolute Gasteiger partial charge is 0.423 e. The Morgan fingerprint density at radius 2 is 1.35 bits per heavy atom. The van der Waals surface area contributed by atoms with Gasteiger partial charge in [0.1, 0.15) is 5.75 Å². The van der Waals surface area contributed by atoms with Gasteiger partial charge in [0.2, 0.25) is 0 Å². The number of hydrogen-bond acceptors (Lipinski definition) is 3. The molecule has 256 valence electrons. The number of anilines is 3. The molecule has 0 saturated carbocycles. The summed E-state index contributed by atoms with van der Waals surface area (Å²) in [4.78, 5) is 15.8. The first-order valence-corrected chi connectivity index (χ1v) is 18.3. The lowest BCUT2D eigenvalue weighted by Gasteiger charge is -2.29. The summed E-state index contributed by atoms with van der Waals surface area (Å²) >= 11 is 0. The standard InChI is InChI=1S/C49H43NO2/c1-6-33-18-19-37(32(2)3)30-44(33)35-22-27-40(28-23-35)52-48(51)36-20-24-38(25-21-36)50(47-17-11-13-34-12-7-8-14-41(34)47)39-26-29-43-42-15-9-10-16-45(42)49(4,5)46(43)31-39/h7-32H,6H2,1-5H3. The van der Waals surface area contributed by atoms with Crippen molar-refractivity contribution >= 4 is 33.8 Å². The fraction of sp³-hybridized carbons (Fsp3) is 0.163. The first-order chi connectivity index (χ1) is 25.2. The second-order valence-corrected chi connectivity index (χ2v) is 14.6. The zero-order chi connectivity index (χ0) is 36.0. The van der Waals surface area contributed by atoms with Crippen LogP contribution in [-0.2, 0) is 11.8 Å². The molecule has 1 aliphatic carbocycles. The molecule has 0 bridgehead atoms. The Bertz CT molecular complexity index is 2430. The second kappa shape index (κ2) is 13.3. The van der Waals surface area contributed by atoms with E-state index in [-0.39, 0.29) is 11.4 Å². The van der Waals surface area contributed by atoms with Gasteiger partial charge in [0, 0.05) is 22.2 Å². The van der Waals surface area contributed by atoms with Gasteiger partial charge in [-0.1, -0.05) is 132 Å². The molecular formula is C49H43NO2. The van der Waals surface area contributed by atoms with Crippen LogP contribution in [0.25, 0.3) is 33.0 Å². The van der Waals surface area contributed by atoms with Crippen LogP contribution in [0.1, 0.15) is 73.1 Å². The van der Waals surface area contributed by atoms with Gasteiger partial charge in [-0.15, -0.1) is 0 Å². The quantitative estimate of drug-likeness (QED) is 0.118. The van der Waals surface area contributed by atoms with Gasteiger partial charge >= 0.3 is 5.97 Å². The number of aryl methyl sites for hydroxylation is 1. The summed E-state index contributed by atoms with van der Waals surface area (Å²) in [5.74, 6) is 0.591. The molecule has 3 nitrogen and oxygen atoms in total. The molecule has 8 rings (SSSR count). The molecule has 7 aromatic rings. The Morgan fingerprint density at radius 1 is 0.654 bits per heavy atom. The summed E-state index contributed by atoms with van der Waals surface area (Å²) < 4.78 is 5.89. The third kappa shape index (κ3) is 5.86. The molecule has 0 unspecified atom stereocenters. The molecule has 0 spiro atoms. The maximum Gasteiger partial charge on any atom is 0.343 e. The van der Waals surface area contributed by atoms with Crippen LogP contribution in [0.2, 0.25) is 0 Å². The van der Waals surface area contributed by atoms with Crippen LogP contribution in [0.5, 0.6) is 5.75 Å². The smallest absolute Gasteiger partial charge is 0.343 e. The lowest BCUT2D eigenvalue weighted by molar-refractivity contribution is 0.0735. The molecule has 0 N–H and O–H groups in total. The average Bonchev–Trinajstić information content (AvgIpc) is 3.40. The van der Waals surface area contributed by atoms with Crippen LogP contribution in [0.15, 0.2) is 152 Å². The molecule has 0 amide bonds. The number of esters is 1. The van der Waals surface area contributed by atoms with E-state index < -0.39 is 0 Å². The molecule has 0 aliphatic heterocycles. The Labute approximate surface area is 307 Å². The van der Waals surface area contributed by atoms with Crippen LogP contribution < -0.4 is 9.64 Å². The number of nitrogens with zero attached hydrogens (tertiary/aromatic N) is 1. The Hall–Kier alpha value is -5.93. The van der Waals surface area contributed by atoms with Crippen molar-refractivity contribution in [3.8, 4) is 28.0 Å². The van der Waals surface area contributed by atoms with Crippen LogP contribution in [0.3, 0.4) is 0 Å². The molecule has 0 atom stereocenters. The first kappa shape index (κ1) is 33.2. The molecule has 1 aliphatic rings. The number of benzene rings is 7. The van der Waals surface area contributed by atoms with Gasteiger partial charge in [0.25, 0.3) is 0 Å². The summed E-state index contributed by atoms with van der Waals surface area (Å²) in [6.07, 6.45) is 0.955. The van der Waals surface area contributed by atoms with Crippen LogP contribution in [0.4, 0.5) is 17.1 Å². The molecule has 7 aromatic carbocycles. The minimum absolute atomic E-state index is 0.130.